The number of rotatable bonds is 11. The first-order valence-corrected chi connectivity index (χ1v) is 10.6. The van der Waals surface area contributed by atoms with Crippen LogP contribution in [0.2, 0.25) is 0 Å². The Labute approximate surface area is 174 Å². The van der Waals surface area contributed by atoms with E-state index >= 15 is 0 Å². The Hall–Kier alpha value is -2.43. The van der Waals surface area contributed by atoms with E-state index < -0.39 is 6.16 Å². The number of aryl methyl sites for hydroxylation is 1. The maximum Gasteiger partial charge on any atom is 0.511 e. The molecule has 0 spiro atoms. The highest BCUT2D eigenvalue weighted by atomic mass is 16.8. The zero-order valence-electron chi connectivity index (χ0n) is 18.0. The average molecular weight is 403 g/mol. The summed E-state index contributed by atoms with van der Waals surface area (Å²) in [5.41, 5.74) is 3.49. The van der Waals surface area contributed by atoms with Crippen molar-refractivity contribution >= 4 is 6.16 Å². The highest BCUT2D eigenvalue weighted by Gasteiger charge is 2.23. The Kier molecular flexibility index (Phi) is 9.62. The molecule has 0 unspecified atom stereocenters. The van der Waals surface area contributed by atoms with Crippen molar-refractivity contribution in [2.45, 2.75) is 71.6 Å². The number of hydrogen-bond donors (Lipinski definition) is 0. The van der Waals surface area contributed by atoms with Gasteiger partial charge in [-0.05, 0) is 63.6 Å². The van der Waals surface area contributed by atoms with E-state index in [0.717, 1.165) is 55.4 Å². The maximum absolute atomic E-state index is 11.5. The predicted octanol–water partition coefficient (Wildman–Crippen LogP) is 6.66. The van der Waals surface area contributed by atoms with Crippen LogP contribution in [0, 0.1) is 0 Å². The summed E-state index contributed by atoms with van der Waals surface area (Å²) in [5, 5.41) is 0. The molecule has 29 heavy (non-hydrogen) atoms. The van der Waals surface area contributed by atoms with Gasteiger partial charge in [0.2, 0.25) is 6.79 Å². The van der Waals surface area contributed by atoms with Crippen molar-refractivity contribution in [3.05, 3.63) is 47.7 Å². The van der Waals surface area contributed by atoms with Gasteiger partial charge in [-0.15, -0.1) is 0 Å². The van der Waals surface area contributed by atoms with Gasteiger partial charge in [-0.1, -0.05) is 38.0 Å². The van der Waals surface area contributed by atoms with Crippen LogP contribution in [-0.2, 0) is 15.9 Å². The number of ether oxygens (including phenoxy) is 4. The van der Waals surface area contributed by atoms with Crippen molar-refractivity contribution in [2.24, 2.45) is 0 Å². The Balaban J connectivity index is 2.33. The number of hydrogen-bond acceptors (Lipinski definition) is 5. The van der Waals surface area contributed by atoms with Crippen LogP contribution in [-0.4, -0.2) is 19.6 Å². The number of benzene rings is 1. The van der Waals surface area contributed by atoms with Gasteiger partial charge in [0, 0.05) is 11.5 Å². The summed E-state index contributed by atoms with van der Waals surface area (Å²) < 4.78 is 21.5. The molecule has 1 aliphatic carbocycles. The number of allylic oxidation sites excluding steroid dienone is 2. The molecular formula is C24H34O5. The molecule has 0 bridgehead atoms. The molecule has 1 atom stereocenters. The fourth-order valence-corrected chi connectivity index (χ4v) is 3.69. The van der Waals surface area contributed by atoms with Crippen LogP contribution < -0.4 is 9.47 Å². The molecule has 0 radical (unpaired) electrons. The molecule has 0 saturated heterocycles. The van der Waals surface area contributed by atoms with Gasteiger partial charge >= 0.3 is 6.16 Å². The minimum absolute atomic E-state index is 0.195. The zero-order valence-corrected chi connectivity index (χ0v) is 18.0. The first-order valence-electron chi connectivity index (χ1n) is 10.6. The van der Waals surface area contributed by atoms with Crippen molar-refractivity contribution in [2.75, 3.05) is 13.4 Å². The minimum atomic E-state index is -0.732. The van der Waals surface area contributed by atoms with Gasteiger partial charge in [0.25, 0.3) is 0 Å². The van der Waals surface area contributed by atoms with E-state index in [4.69, 9.17) is 18.9 Å². The van der Waals surface area contributed by atoms with E-state index in [0.29, 0.717) is 5.75 Å². The van der Waals surface area contributed by atoms with Crippen molar-refractivity contribution in [3.8, 4) is 11.5 Å². The molecule has 0 aliphatic heterocycles. The lowest BCUT2D eigenvalue weighted by Gasteiger charge is -2.25. The predicted molar refractivity (Wildman–Crippen MR) is 114 cm³/mol. The zero-order chi connectivity index (χ0) is 21.1. The Bertz CT molecular complexity index is 707. The summed E-state index contributed by atoms with van der Waals surface area (Å²) in [5.74, 6) is 1.65. The lowest BCUT2D eigenvalue weighted by Crippen LogP contribution is -2.14. The molecule has 0 heterocycles. The van der Waals surface area contributed by atoms with Gasteiger partial charge in [-0.25, -0.2) is 4.79 Å². The Morgan fingerprint density at radius 1 is 1.21 bits per heavy atom. The number of unbranched alkanes of at least 4 members (excludes halogenated alkanes) is 2. The van der Waals surface area contributed by atoms with Gasteiger partial charge in [0.05, 0.1) is 12.9 Å². The number of carbonyl (C=O) groups excluding carboxylic acids is 1. The van der Waals surface area contributed by atoms with Crippen LogP contribution in [0.3, 0.4) is 0 Å². The molecule has 2 rings (SSSR count). The monoisotopic (exact) mass is 402 g/mol. The average Bonchev–Trinajstić information content (AvgIpc) is 2.68. The third-order valence-corrected chi connectivity index (χ3v) is 5.04. The lowest BCUT2D eigenvalue weighted by atomic mass is 9.84. The van der Waals surface area contributed by atoms with E-state index in [9.17, 15) is 4.79 Å². The van der Waals surface area contributed by atoms with Crippen molar-refractivity contribution < 1.29 is 23.7 Å². The molecule has 0 N–H and O–H groups in total. The molecule has 1 aromatic carbocycles. The molecular weight excluding hydrogens is 368 g/mol. The van der Waals surface area contributed by atoms with Crippen LogP contribution in [0.1, 0.15) is 76.3 Å². The van der Waals surface area contributed by atoms with Crippen LogP contribution in [0.5, 0.6) is 11.5 Å². The van der Waals surface area contributed by atoms with Crippen LogP contribution >= 0.6 is 0 Å². The second-order valence-electron chi connectivity index (χ2n) is 7.35. The van der Waals surface area contributed by atoms with E-state index in [-0.39, 0.29) is 19.3 Å². The third kappa shape index (κ3) is 7.15. The fraction of sp³-hybridized carbons (Fsp3) is 0.542. The van der Waals surface area contributed by atoms with E-state index in [1.54, 1.807) is 6.92 Å². The summed E-state index contributed by atoms with van der Waals surface area (Å²) in [6.07, 6.45) is 10.6. The lowest BCUT2D eigenvalue weighted by molar-refractivity contribution is 0.00641. The van der Waals surface area contributed by atoms with Crippen LogP contribution in [0.4, 0.5) is 4.79 Å². The van der Waals surface area contributed by atoms with Crippen LogP contribution in [0.15, 0.2) is 36.6 Å². The van der Waals surface area contributed by atoms with Crippen molar-refractivity contribution in [1.29, 1.82) is 0 Å². The van der Waals surface area contributed by atoms with Crippen molar-refractivity contribution in [3.63, 3.8) is 0 Å². The molecule has 5 nitrogen and oxygen atoms in total. The molecule has 5 heteroatoms. The van der Waals surface area contributed by atoms with Gasteiger partial charge in [0.1, 0.15) is 11.5 Å². The second-order valence-corrected chi connectivity index (χ2v) is 7.35. The van der Waals surface area contributed by atoms with E-state index in [2.05, 4.69) is 32.6 Å². The largest absolute Gasteiger partial charge is 0.511 e. The molecule has 160 valence electrons. The van der Waals surface area contributed by atoms with E-state index in [1.165, 1.54) is 18.3 Å². The first-order chi connectivity index (χ1) is 14.1. The smallest absolute Gasteiger partial charge is 0.465 e. The summed E-state index contributed by atoms with van der Waals surface area (Å²) in [7, 11) is 0. The molecule has 0 saturated carbocycles. The molecule has 0 amide bonds. The fourth-order valence-electron chi connectivity index (χ4n) is 3.69. The number of carbonyl (C=O) groups is 1. The third-order valence-electron chi connectivity index (χ3n) is 5.04. The van der Waals surface area contributed by atoms with E-state index in [1.807, 2.05) is 6.07 Å². The molecule has 0 aromatic heterocycles. The Morgan fingerprint density at radius 3 is 2.69 bits per heavy atom. The van der Waals surface area contributed by atoms with Crippen LogP contribution in [0.25, 0.3) is 0 Å². The highest BCUT2D eigenvalue weighted by molar-refractivity contribution is 5.59. The van der Waals surface area contributed by atoms with Gasteiger partial charge in [0.15, 0.2) is 0 Å². The summed E-state index contributed by atoms with van der Waals surface area (Å²) in [6.45, 7) is 9.87. The maximum atomic E-state index is 11.5. The standard InChI is InChI=1S/C24H34O5/c1-5-8-9-12-19-15-21(26-6-2)23(20-13-10-11-18(4)14-20)22(16-19)28-17-29-24(25)27-7-3/h6,14-16,20H,2,5,7-13,17H2,1,3-4H3/t20-/m0/s1. The molecule has 1 aliphatic rings. The highest BCUT2D eigenvalue weighted by Crippen LogP contribution is 2.43. The summed E-state index contributed by atoms with van der Waals surface area (Å²) in [6, 6.07) is 4.14. The molecule has 0 fully saturated rings. The Morgan fingerprint density at radius 2 is 2.00 bits per heavy atom. The van der Waals surface area contributed by atoms with Crippen molar-refractivity contribution in [1.82, 2.24) is 0 Å². The van der Waals surface area contributed by atoms with Gasteiger partial charge in [-0.3, -0.25) is 0 Å². The SMILES string of the molecule is C=COc1cc(CCCCC)cc(OCOC(=O)OCC)c1[C@@H]1C=C(C)CCC1. The summed E-state index contributed by atoms with van der Waals surface area (Å²) >= 11 is 0. The minimum Gasteiger partial charge on any atom is -0.465 e. The first kappa shape index (κ1) is 22.9. The second kappa shape index (κ2) is 12.2. The normalized spacial score (nSPS) is 16.0. The van der Waals surface area contributed by atoms with Gasteiger partial charge in [-0.2, -0.15) is 0 Å². The quantitative estimate of drug-likeness (QED) is 0.136. The summed E-state index contributed by atoms with van der Waals surface area (Å²) in [4.78, 5) is 11.5. The molecule has 1 aromatic rings. The topological polar surface area (TPSA) is 54.0 Å². The van der Waals surface area contributed by atoms with Gasteiger partial charge < -0.3 is 18.9 Å².